The van der Waals surface area contributed by atoms with Crippen LogP contribution < -0.4 is 4.74 Å². The van der Waals surface area contributed by atoms with Crippen molar-refractivity contribution in [3.8, 4) is 5.75 Å². The number of carbonyl (C=O) groups excluding carboxylic acids is 2. The highest BCUT2D eigenvalue weighted by molar-refractivity contribution is 5.83. The topological polar surface area (TPSA) is 52.6 Å². The first-order valence-corrected chi connectivity index (χ1v) is 7.88. The van der Waals surface area contributed by atoms with Gasteiger partial charge in [-0.1, -0.05) is 61.7 Å². The fraction of sp³-hybridized carbons (Fsp3) is 0.143. The first kappa shape index (κ1) is 18.2. The van der Waals surface area contributed by atoms with Crippen LogP contribution >= 0.6 is 0 Å². The maximum atomic E-state index is 11.7. The molecule has 2 atom stereocenters. The van der Waals surface area contributed by atoms with E-state index in [4.69, 9.17) is 9.47 Å². The standard InChI is InChI=1S/C21H20O4/c1-4-19(22)24-15(3)21(16-11-7-6-8-12-16)17-13-9-10-14-18(17)25-20(23)5-2/h4-15,21H,1-2H2,3H3. The lowest BCUT2D eigenvalue weighted by Crippen LogP contribution is -2.23. The molecule has 0 saturated carbocycles. The summed E-state index contributed by atoms with van der Waals surface area (Å²) in [4.78, 5) is 23.3. The Morgan fingerprint density at radius 1 is 0.920 bits per heavy atom. The van der Waals surface area contributed by atoms with Crippen molar-refractivity contribution < 1.29 is 19.1 Å². The van der Waals surface area contributed by atoms with Crippen LogP contribution in [0.15, 0.2) is 79.9 Å². The number of rotatable bonds is 7. The highest BCUT2D eigenvalue weighted by Crippen LogP contribution is 2.35. The lowest BCUT2D eigenvalue weighted by atomic mass is 9.86. The molecule has 0 radical (unpaired) electrons. The van der Waals surface area contributed by atoms with E-state index in [1.54, 1.807) is 19.1 Å². The third-order valence-electron chi connectivity index (χ3n) is 3.73. The van der Waals surface area contributed by atoms with E-state index in [0.717, 1.165) is 23.3 Å². The van der Waals surface area contributed by atoms with E-state index in [1.807, 2.05) is 42.5 Å². The summed E-state index contributed by atoms with van der Waals surface area (Å²) in [7, 11) is 0. The first-order chi connectivity index (χ1) is 12.1. The maximum absolute atomic E-state index is 11.7. The molecule has 0 aromatic heterocycles. The SMILES string of the molecule is C=CC(=O)Oc1ccccc1C(c1ccccc1)C(C)OC(=O)C=C. The van der Waals surface area contributed by atoms with Gasteiger partial charge >= 0.3 is 11.9 Å². The number of para-hydroxylation sites is 1. The summed E-state index contributed by atoms with van der Waals surface area (Å²) in [6, 6.07) is 16.8. The van der Waals surface area contributed by atoms with Gasteiger partial charge < -0.3 is 9.47 Å². The van der Waals surface area contributed by atoms with E-state index in [9.17, 15) is 9.59 Å². The summed E-state index contributed by atoms with van der Waals surface area (Å²) < 4.78 is 10.8. The average molecular weight is 336 g/mol. The van der Waals surface area contributed by atoms with E-state index in [1.165, 1.54) is 0 Å². The van der Waals surface area contributed by atoms with E-state index in [-0.39, 0.29) is 5.92 Å². The lowest BCUT2D eigenvalue weighted by Gasteiger charge is -2.26. The Morgan fingerprint density at radius 2 is 1.52 bits per heavy atom. The minimum atomic E-state index is -0.546. The number of hydrogen-bond donors (Lipinski definition) is 0. The molecule has 0 bridgehead atoms. The molecule has 0 amide bonds. The van der Waals surface area contributed by atoms with Crippen LogP contribution in [0.2, 0.25) is 0 Å². The quantitative estimate of drug-likeness (QED) is 0.435. The number of esters is 2. The van der Waals surface area contributed by atoms with Crippen LogP contribution in [0, 0.1) is 0 Å². The molecule has 2 aromatic rings. The molecule has 25 heavy (non-hydrogen) atoms. The van der Waals surface area contributed by atoms with E-state index >= 15 is 0 Å². The van der Waals surface area contributed by atoms with Crippen LogP contribution in [0.25, 0.3) is 0 Å². The Labute approximate surface area is 147 Å². The summed E-state index contributed by atoms with van der Waals surface area (Å²) in [5.74, 6) is -0.953. The van der Waals surface area contributed by atoms with Crippen molar-refractivity contribution in [1.29, 1.82) is 0 Å². The summed E-state index contributed by atoms with van der Waals surface area (Å²) in [5, 5.41) is 0. The predicted octanol–water partition coefficient (Wildman–Crippen LogP) is 4.03. The van der Waals surface area contributed by atoms with Gasteiger partial charge in [-0.15, -0.1) is 0 Å². The zero-order chi connectivity index (χ0) is 18.2. The van der Waals surface area contributed by atoms with Crippen molar-refractivity contribution in [2.24, 2.45) is 0 Å². The fourth-order valence-electron chi connectivity index (χ4n) is 2.64. The second-order valence-electron chi connectivity index (χ2n) is 5.40. The van der Waals surface area contributed by atoms with Crippen LogP contribution in [0.1, 0.15) is 24.0 Å². The lowest BCUT2D eigenvalue weighted by molar-refractivity contribution is -0.142. The van der Waals surface area contributed by atoms with Crippen molar-refractivity contribution in [1.82, 2.24) is 0 Å². The van der Waals surface area contributed by atoms with Crippen molar-refractivity contribution in [2.45, 2.75) is 18.9 Å². The highest BCUT2D eigenvalue weighted by Gasteiger charge is 2.27. The molecule has 2 aromatic carbocycles. The van der Waals surface area contributed by atoms with Crippen LogP contribution in [-0.2, 0) is 14.3 Å². The fourth-order valence-corrected chi connectivity index (χ4v) is 2.64. The van der Waals surface area contributed by atoms with Crippen molar-refractivity contribution >= 4 is 11.9 Å². The van der Waals surface area contributed by atoms with Crippen molar-refractivity contribution in [3.05, 3.63) is 91.0 Å². The number of carbonyl (C=O) groups is 2. The van der Waals surface area contributed by atoms with Gasteiger partial charge in [0, 0.05) is 23.6 Å². The second kappa shape index (κ2) is 8.64. The highest BCUT2D eigenvalue weighted by atomic mass is 16.5. The third kappa shape index (κ3) is 4.67. The molecule has 0 saturated heterocycles. The maximum Gasteiger partial charge on any atom is 0.335 e. The molecule has 2 rings (SSSR count). The second-order valence-corrected chi connectivity index (χ2v) is 5.40. The van der Waals surface area contributed by atoms with Gasteiger partial charge in [-0.25, -0.2) is 9.59 Å². The molecular weight excluding hydrogens is 316 g/mol. The molecule has 0 aliphatic carbocycles. The molecule has 4 nitrogen and oxygen atoms in total. The van der Waals surface area contributed by atoms with Gasteiger partial charge in [0.15, 0.2) is 0 Å². The Bertz CT molecular complexity index is 764. The van der Waals surface area contributed by atoms with Gasteiger partial charge in [-0.3, -0.25) is 0 Å². The predicted molar refractivity (Wildman–Crippen MR) is 96.3 cm³/mol. The molecular formula is C21H20O4. The van der Waals surface area contributed by atoms with Crippen LogP contribution in [-0.4, -0.2) is 18.0 Å². The van der Waals surface area contributed by atoms with Gasteiger partial charge in [-0.2, -0.15) is 0 Å². The molecule has 0 spiro atoms. The van der Waals surface area contributed by atoms with Gasteiger partial charge in [0.25, 0.3) is 0 Å². The van der Waals surface area contributed by atoms with Crippen molar-refractivity contribution in [2.75, 3.05) is 0 Å². The smallest absolute Gasteiger partial charge is 0.335 e. The number of benzene rings is 2. The molecule has 2 unspecified atom stereocenters. The first-order valence-electron chi connectivity index (χ1n) is 7.88. The zero-order valence-electron chi connectivity index (χ0n) is 14.1. The molecule has 0 aliphatic rings. The van der Waals surface area contributed by atoms with Gasteiger partial charge in [0.05, 0.1) is 0 Å². The Hall–Kier alpha value is -3.14. The van der Waals surface area contributed by atoms with Gasteiger partial charge in [0.2, 0.25) is 0 Å². The Balaban J connectivity index is 2.49. The minimum absolute atomic E-state index is 0.307. The molecule has 128 valence electrons. The van der Waals surface area contributed by atoms with Crippen LogP contribution in [0.3, 0.4) is 0 Å². The van der Waals surface area contributed by atoms with Crippen LogP contribution in [0.5, 0.6) is 5.75 Å². The number of ether oxygens (including phenoxy) is 2. The monoisotopic (exact) mass is 336 g/mol. The van der Waals surface area contributed by atoms with Gasteiger partial charge in [-0.05, 0) is 18.6 Å². The minimum Gasteiger partial charge on any atom is -0.459 e. The Kier molecular flexibility index (Phi) is 6.29. The normalized spacial score (nSPS) is 12.5. The average Bonchev–Trinajstić information content (AvgIpc) is 2.64. The van der Waals surface area contributed by atoms with E-state index < -0.39 is 18.0 Å². The summed E-state index contributed by atoms with van der Waals surface area (Å²) in [5.41, 5.74) is 1.68. The number of hydrogen-bond acceptors (Lipinski definition) is 4. The zero-order valence-corrected chi connectivity index (χ0v) is 14.1. The summed E-state index contributed by atoms with van der Waals surface area (Å²) in [6.45, 7) is 8.65. The van der Waals surface area contributed by atoms with Gasteiger partial charge in [0.1, 0.15) is 11.9 Å². The molecule has 0 aliphatic heterocycles. The molecule has 0 fully saturated rings. The molecule has 4 heteroatoms. The summed E-state index contributed by atoms with van der Waals surface area (Å²) >= 11 is 0. The third-order valence-corrected chi connectivity index (χ3v) is 3.73. The summed E-state index contributed by atoms with van der Waals surface area (Å²) in [6.07, 6.45) is 1.74. The molecule has 0 heterocycles. The van der Waals surface area contributed by atoms with Crippen LogP contribution in [0.4, 0.5) is 0 Å². The Morgan fingerprint density at radius 3 is 2.16 bits per heavy atom. The van der Waals surface area contributed by atoms with E-state index in [2.05, 4.69) is 13.2 Å². The van der Waals surface area contributed by atoms with Crippen molar-refractivity contribution in [3.63, 3.8) is 0 Å². The largest absolute Gasteiger partial charge is 0.459 e. The van der Waals surface area contributed by atoms with E-state index in [0.29, 0.717) is 5.75 Å². The molecule has 0 N–H and O–H groups in total.